The Labute approximate surface area is 128 Å². The molecule has 0 aliphatic heterocycles. The van der Waals surface area contributed by atoms with E-state index in [9.17, 15) is 0 Å². The van der Waals surface area contributed by atoms with Gasteiger partial charge in [0, 0.05) is 23.0 Å². The summed E-state index contributed by atoms with van der Waals surface area (Å²) in [5, 5.41) is 2.17. The monoisotopic (exact) mass is 294 g/mol. The molecule has 0 amide bonds. The third-order valence-electron chi connectivity index (χ3n) is 5.76. The van der Waals surface area contributed by atoms with Crippen LogP contribution in [0.3, 0.4) is 0 Å². The first-order chi connectivity index (χ1) is 9.51. The number of thiophene rings is 1. The Balaban J connectivity index is 2.13. The summed E-state index contributed by atoms with van der Waals surface area (Å²) >= 11 is 1.87. The van der Waals surface area contributed by atoms with E-state index in [4.69, 9.17) is 5.73 Å². The fourth-order valence-corrected chi connectivity index (χ4v) is 4.79. The van der Waals surface area contributed by atoms with E-state index < -0.39 is 0 Å². The molecule has 0 bridgehead atoms. The lowest BCUT2D eigenvalue weighted by Gasteiger charge is -2.53. The Hall–Kier alpha value is -0.380. The van der Waals surface area contributed by atoms with Gasteiger partial charge in [-0.15, -0.1) is 11.3 Å². The molecule has 4 atom stereocenters. The van der Waals surface area contributed by atoms with E-state index >= 15 is 0 Å². The predicted octanol–water partition coefficient (Wildman–Crippen LogP) is 3.76. The van der Waals surface area contributed by atoms with Gasteiger partial charge in [0.25, 0.3) is 0 Å². The van der Waals surface area contributed by atoms with E-state index in [1.165, 1.54) is 24.1 Å². The van der Waals surface area contributed by atoms with Gasteiger partial charge in [-0.2, -0.15) is 0 Å². The normalized spacial score (nSPS) is 32.5. The van der Waals surface area contributed by atoms with Crippen LogP contribution in [0.25, 0.3) is 0 Å². The molecule has 20 heavy (non-hydrogen) atoms. The van der Waals surface area contributed by atoms with Crippen molar-refractivity contribution in [2.75, 3.05) is 13.6 Å². The second-order valence-corrected chi connectivity index (χ2v) is 7.74. The topological polar surface area (TPSA) is 29.3 Å². The molecule has 3 heteroatoms. The van der Waals surface area contributed by atoms with Crippen LogP contribution in [0.2, 0.25) is 0 Å². The third kappa shape index (κ3) is 2.95. The van der Waals surface area contributed by atoms with Gasteiger partial charge in [-0.05, 0) is 50.1 Å². The molecule has 0 aromatic carbocycles. The molecule has 4 unspecified atom stereocenters. The first-order valence-corrected chi connectivity index (χ1v) is 8.84. The number of nitrogens with zero attached hydrogens (tertiary/aromatic N) is 1. The minimum absolute atomic E-state index is 0.189. The van der Waals surface area contributed by atoms with E-state index in [1.54, 1.807) is 0 Å². The van der Waals surface area contributed by atoms with Gasteiger partial charge in [-0.3, -0.25) is 4.90 Å². The van der Waals surface area contributed by atoms with Gasteiger partial charge in [0.1, 0.15) is 0 Å². The number of hydrogen-bond donors (Lipinski definition) is 1. The molecule has 2 rings (SSSR count). The Kier molecular flexibility index (Phi) is 5.27. The fourth-order valence-electron chi connectivity index (χ4n) is 3.96. The smallest absolute Gasteiger partial charge is 0.0359 e. The van der Waals surface area contributed by atoms with Crippen molar-refractivity contribution < 1.29 is 0 Å². The summed E-state index contributed by atoms with van der Waals surface area (Å²) in [5.41, 5.74) is 6.45. The molecule has 114 valence electrons. The Morgan fingerprint density at radius 1 is 1.50 bits per heavy atom. The first-order valence-electron chi connectivity index (χ1n) is 7.96. The summed E-state index contributed by atoms with van der Waals surface area (Å²) in [6, 6.07) is 4.94. The third-order valence-corrected chi connectivity index (χ3v) is 6.66. The largest absolute Gasteiger partial charge is 0.329 e. The molecule has 1 aliphatic rings. The van der Waals surface area contributed by atoms with E-state index in [2.05, 4.69) is 50.2 Å². The molecule has 2 N–H and O–H groups in total. The molecular weight excluding hydrogens is 264 g/mol. The van der Waals surface area contributed by atoms with Crippen molar-refractivity contribution in [3.63, 3.8) is 0 Å². The maximum absolute atomic E-state index is 6.26. The van der Waals surface area contributed by atoms with Crippen LogP contribution in [0.15, 0.2) is 17.5 Å². The lowest BCUT2D eigenvalue weighted by molar-refractivity contribution is -0.0155. The summed E-state index contributed by atoms with van der Waals surface area (Å²) in [4.78, 5) is 4.07. The van der Waals surface area contributed by atoms with Crippen molar-refractivity contribution in [2.24, 2.45) is 17.6 Å². The molecule has 0 saturated heterocycles. The van der Waals surface area contributed by atoms with Gasteiger partial charge in [-0.25, -0.2) is 0 Å². The molecule has 1 aromatic heterocycles. The number of likely N-dealkylation sites (N-methyl/N-ethyl adjacent to an activating group) is 1. The highest BCUT2D eigenvalue weighted by Crippen LogP contribution is 2.41. The lowest BCUT2D eigenvalue weighted by atomic mass is 9.67. The minimum Gasteiger partial charge on any atom is -0.329 e. The molecule has 0 radical (unpaired) electrons. The van der Waals surface area contributed by atoms with E-state index in [1.807, 2.05) is 11.3 Å². The van der Waals surface area contributed by atoms with Crippen molar-refractivity contribution in [1.82, 2.24) is 4.90 Å². The van der Waals surface area contributed by atoms with Crippen molar-refractivity contribution in [3.8, 4) is 0 Å². The molecule has 0 spiro atoms. The van der Waals surface area contributed by atoms with Crippen molar-refractivity contribution in [3.05, 3.63) is 22.4 Å². The van der Waals surface area contributed by atoms with E-state index in [-0.39, 0.29) is 5.54 Å². The summed E-state index contributed by atoms with van der Waals surface area (Å²) in [6.07, 6.45) is 5.06. The number of rotatable bonds is 5. The van der Waals surface area contributed by atoms with Gasteiger partial charge < -0.3 is 5.73 Å². The average Bonchev–Trinajstić information content (AvgIpc) is 2.94. The molecule has 1 fully saturated rings. The SMILES string of the molecule is CC1CCCC(CN)(N(C)C(C)Cc2cccs2)C1C. The highest BCUT2D eigenvalue weighted by molar-refractivity contribution is 7.09. The second kappa shape index (κ2) is 6.59. The molecule has 1 aromatic rings. The molecular formula is C17H30N2S. The number of hydrogen-bond acceptors (Lipinski definition) is 3. The van der Waals surface area contributed by atoms with Crippen LogP contribution in [0.1, 0.15) is 44.9 Å². The minimum atomic E-state index is 0.189. The molecule has 1 aliphatic carbocycles. The van der Waals surface area contributed by atoms with Crippen LogP contribution in [-0.2, 0) is 6.42 Å². The van der Waals surface area contributed by atoms with Crippen molar-refractivity contribution >= 4 is 11.3 Å². The highest BCUT2D eigenvalue weighted by atomic mass is 32.1. The Morgan fingerprint density at radius 2 is 2.25 bits per heavy atom. The average molecular weight is 295 g/mol. The molecule has 2 nitrogen and oxygen atoms in total. The quantitative estimate of drug-likeness (QED) is 0.896. The number of nitrogens with two attached hydrogens (primary N) is 1. The fraction of sp³-hybridized carbons (Fsp3) is 0.765. The van der Waals surface area contributed by atoms with E-state index in [0.717, 1.165) is 18.9 Å². The van der Waals surface area contributed by atoms with Crippen LogP contribution < -0.4 is 5.73 Å². The maximum Gasteiger partial charge on any atom is 0.0359 e. The lowest BCUT2D eigenvalue weighted by Crippen LogP contribution is -2.62. The Morgan fingerprint density at radius 3 is 2.85 bits per heavy atom. The molecule has 1 saturated carbocycles. The zero-order valence-electron chi connectivity index (χ0n) is 13.4. The van der Waals surface area contributed by atoms with Crippen LogP contribution in [-0.4, -0.2) is 30.1 Å². The molecule has 1 heterocycles. The van der Waals surface area contributed by atoms with Gasteiger partial charge in [0.15, 0.2) is 0 Å². The maximum atomic E-state index is 6.26. The zero-order valence-corrected chi connectivity index (χ0v) is 14.2. The highest BCUT2D eigenvalue weighted by Gasteiger charge is 2.44. The van der Waals surface area contributed by atoms with Gasteiger partial charge in [0.05, 0.1) is 0 Å². The van der Waals surface area contributed by atoms with Crippen molar-refractivity contribution in [1.29, 1.82) is 0 Å². The Bertz CT molecular complexity index is 403. The van der Waals surface area contributed by atoms with Crippen LogP contribution in [0.4, 0.5) is 0 Å². The summed E-state index contributed by atoms with van der Waals surface area (Å²) in [7, 11) is 2.29. The van der Waals surface area contributed by atoms with Crippen LogP contribution >= 0.6 is 11.3 Å². The first kappa shape index (κ1) is 16.0. The second-order valence-electron chi connectivity index (χ2n) is 6.71. The van der Waals surface area contributed by atoms with Crippen LogP contribution in [0.5, 0.6) is 0 Å². The summed E-state index contributed by atoms with van der Waals surface area (Å²) in [5.74, 6) is 1.46. The van der Waals surface area contributed by atoms with Gasteiger partial charge >= 0.3 is 0 Å². The van der Waals surface area contributed by atoms with Crippen LogP contribution in [0, 0.1) is 11.8 Å². The van der Waals surface area contributed by atoms with Gasteiger partial charge in [0.2, 0.25) is 0 Å². The summed E-state index contributed by atoms with van der Waals surface area (Å²) in [6.45, 7) is 7.93. The predicted molar refractivity (Wildman–Crippen MR) is 89.2 cm³/mol. The standard InChI is InChI=1S/C17H30N2S/c1-13-7-5-9-17(12-18,15(13)3)19(4)14(2)11-16-8-6-10-20-16/h6,8,10,13-15H,5,7,9,11-12,18H2,1-4H3. The van der Waals surface area contributed by atoms with Crippen molar-refractivity contribution in [2.45, 2.75) is 58.0 Å². The van der Waals surface area contributed by atoms with E-state index in [0.29, 0.717) is 12.0 Å². The zero-order chi connectivity index (χ0) is 14.8. The summed E-state index contributed by atoms with van der Waals surface area (Å²) < 4.78 is 0. The van der Waals surface area contributed by atoms with Gasteiger partial charge in [-0.1, -0.05) is 32.8 Å².